The van der Waals surface area contributed by atoms with E-state index >= 15 is 0 Å². The molecule has 2 rings (SSSR count). The number of nitrogens with one attached hydrogen (secondary N) is 1. The summed E-state index contributed by atoms with van der Waals surface area (Å²) in [5.41, 5.74) is 1.33. The first kappa shape index (κ1) is 16.5. The normalized spacial score (nSPS) is 24.2. The molecule has 1 fully saturated rings. The number of benzene rings is 1. The molecule has 1 aromatic carbocycles. The molecule has 1 aliphatic carbocycles. The molecule has 0 amide bonds. The van der Waals surface area contributed by atoms with E-state index in [0.717, 1.165) is 19.0 Å². The van der Waals surface area contributed by atoms with E-state index in [-0.39, 0.29) is 6.61 Å². The number of aliphatic hydroxyl groups excluding tert-OH is 1. The fraction of sp³-hybridized carbons (Fsp3) is 0.667. The highest BCUT2D eigenvalue weighted by Gasteiger charge is 2.22. The van der Waals surface area contributed by atoms with Crippen LogP contribution in [0.5, 0.6) is 0 Å². The van der Waals surface area contributed by atoms with Crippen molar-refractivity contribution in [3.8, 4) is 0 Å². The predicted octanol–water partition coefficient (Wildman–Crippen LogP) is 2.62. The maximum atomic E-state index is 9.30. The summed E-state index contributed by atoms with van der Waals surface area (Å²) >= 11 is 0. The maximum absolute atomic E-state index is 9.30. The molecule has 0 spiro atoms. The average molecular weight is 290 g/mol. The van der Waals surface area contributed by atoms with Crippen LogP contribution in [0.2, 0.25) is 0 Å². The van der Waals surface area contributed by atoms with Crippen LogP contribution in [0.3, 0.4) is 0 Å². The van der Waals surface area contributed by atoms with Crippen LogP contribution in [0.4, 0.5) is 0 Å². The second-order valence-corrected chi connectivity index (χ2v) is 6.50. The van der Waals surface area contributed by atoms with Crippen molar-refractivity contribution in [1.82, 2.24) is 10.2 Å². The van der Waals surface area contributed by atoms with Crippen molar-refractivity contribution in [3.63, 3.8) is 0 Å². The lowest BCUT2D eigenvalue weighted by molar-refractivity contribution is 0.202. The highest BCUT2D eigenvalue weighted by atomic mass is 16.3. The second-order valence-electron chi connectivity index (χ2n) is 6.50. The molecular weight excluding hydrogens is 260 g/mol. The van der Waals surface area contributed by atoms with Crippen LogP contribution < -0.4 is 5.32 Å². The topological polar surface area (TPSA) is 35.5 Å². The third-order valence-electron chi connectivity index (χ3n) is 4.83. The zero-order valence-corrected chi connectivity index (χ0v) is 13.5. The number of aliphatic hydroxyl groups is 1. The molecule has 1 saturated carbocycles. The van der Waals surface area contributed by atoms with Gasteiger partial charge < -0.3 is 15.3 Å². The number of nitrogens with zero attached hydrogens (tertiary/aromatic N) is 1. The summed E-state index contributed by atoms with van der Waals surface area (Å²) in [6, 6.07) is 12.0. The van der Waals surface area contributed by atoms with Gasteiger partial charge in [0.25, 0.3) is 0 Å². The Hall–Kier alpha value is -0.900. The Labute approximate surface area is 129 Å². The van der Waals surface area contributed by atoms with Crippen molar-refractivity contribution < 1.29 is 5.11 Å². The number of rotatable bonds is 7. The summed E-state index contributed by atoms with van der Waals surface area (Å²) in [7, 11) is 4.37. The van der Waals surface area contributed by atoms with E-state index in [1.54, 1.807) is 0 Å². The van der Waals surface area contributed by atoms with Gasteiger partial charge in [0.1, 0.15) is 0 Å². The van der Waals surface area contributed by atoms with E-state index in [2.05, 4.69) is 54.6 Å². The highest BCUT2D eigenvalue weighted by Crippen LogP contribution is 2.23. The molecule has 0 unspecified atom stereocenters. The lowest BCUT2D eigenvalue weighted by atomic mass is 9.89. The zero-order valence-electron chi connectivity index (χ0n) is 13.5. The van der Waals surface area contributed by atoms with Crippen molar-refractivity contribution in [2.75, 3.05) is 27.2 Å². The standard InChI is InChI=1S/C18H30N2O/c1-20(2)18-10-8-17(9-11-18)19-14-16(12-13-21)15-6-4-3-5-7-15/h3-7,16-19,21H,8-14H2,1-2H3/t16-,17?,18?/m0/s1. The molecule has 0 bridgehead atoms. The Morgan fingerprint density at radius 2 is 1.81 bits per heavy atom. The van der Waals surface area contributed by atoms with Crippen LogP contribution in [0, 0.1) is 0 Å². The second kappa shape index (κ2) is 8.52. The fourth-order valence-electron chi connectivity index (χ4n) is 3.37. The molecular formula is C18H30N2O. The summed E-state index contributed by atoms with van der Waals surface area (Å²) in [4.78, 5) is 2.36. The van der Waals surface area contributed by atoms with Gasteiger partial charge in [0, 0.05) is 25.2 Å². The van der Waals surface area contributed by atoms with Crippen molar-refractivity contribution >= 4 is 0 Å². The molecule has 1 atom stereocenters. The van der Waals surface area contributed by atoms with E-state index in [9.17, 15) is 5.11 Å². The summed E-state index contributed by atoms with van der Waals surface area (Å²) in [6.45, 7) is 1.23. The largest absolute Gasteiger partial charge is 0.396 e. The molecule has 3 heteroatoms. The van der Waals surface area contributed by atoms with Crippen LogP contribution in [-0.4, -0.2) is 49.3 Å². The van der Waals surface area contributed by atoms with Crippen LogP contribution >= 0.6 is 0 Å². The van der Waals surface area contributed by atoms with E-state index in [1.807, 2.05) is 0 Å². The van der Waals surface area contributed by atoms with Gasteiger partial charge in [-0.3, -0.25) is 0 Å². The first-order valence-corrected chi connectivity index (χ1v) is 8.26. The number of hydrogen-bond acceptors (Lipinski definition) is 3. The van der Waals surface area contributed by atoms with E-state index in [4.69, 9.17) is 0 Å². The fourth-order valence-corrected chi connectivity index (χ4v) is 3.37. The van der Waals surface area contributed by atoms with Gasteiger partial charge >= 0.3 is 0 Å². The Morgan fingerprint density at radius 1 is 1.14 bits per heavy atom. The Balaban J connectivity index is 1.80. The molecule has 0 saturated heterocycles. The van der Waals surface area contributed by atoms with Gasteiger partial charge in [-0.15, -0.1) is 0 Å². The van der Waals surface area contributed by atoms with Gasteiger partial charge in [-0.1, -0.05) is 30.3 Å². The minimum atomic E-state index is 0.259. The van der Waals surface area contributed by atoms with Crippen LogP contribution in [0.15, 0.2) is 30.3 Å². The molecule has 0 heterocycles. The molecule has 2 N–H and O–H groups in total. The number of hydrogen-bond donors (Lipinski definition) is 2. The van der Waals surface area contributed by atoms with Crippen LogP contribution in [0.1, 0.15) is 43.6 Å². The van der Waals surface area contributed by atoms with Gasteiger partial charge in [-0.2, -0.15) is 0 Å². The molecule has 1 aliphatic rings. The lowest BCUT2D eigenvalue weighted by Gasteiger charge is -2.33. The summed E-state index contributed by atoms with van der Waals surface area (Å²) < 4.78 is 0. The van der Waals surface area contributed by atoms with Crippen molar-refractivity contribution in [2.24, 2.45) is 0 Å². The van der Waals surface area contributed by atoms with Crippen molar-refractivity contribution in [3.05, 3.63) is 35.9 Å². The van der Waals surface area contributed by atoms with Gasteiger partial charge in [-0.25, -0.2) is 0 Å². The third kappa shape index (κ3) is 5.10. The minimum absolute atomic E-state index is 0.259. The van der Waals surface area contributed by atoms with Gasteiger partial charge in [0.2, 0.25) is 0 Å². The third-order valence-corrected chi connectivity index (χ3v) is 4.83. The van der Waals surface area contributed by atoms with Crippen LogP contribution in [0.25, 0.3) is 0 Å². The van der Waals surface area contributed by atoms with E-state index < -0.39 is 0 Å². The van der Waals surface area contributed by atoms with E-state index in [1.165, 1.54) is 31.2 Å². The van der Waals surface area contributed by atoms with Crippen molar-refractivity contribution in [2.45, 2.75) is 50.1 Å². The van der Waals surface area contributed by atoms with Gasteiger partial charge in [0.05, 0.1) is 0 Å². The van der Waals surface area contributed by atoms with Gasteiger partial charge in [-0.05, 0) is 57.7 Å². The SMILES string of the molecule is CN(C)C1CCC(NC[C@H](CCO)c2ccccc2)CC1. The zero-order chi connectivity index (χ0) is 15.1. The summed E-state index contributed by atoms with van der Waals surface area (Å²) in [5.74, 6) is 0.419. The molecule has 3 nitrogen and oxygen atoms in total. The highest BCUT2D eigenvalue weighted by molar-refractivity contribution is 5.19. The molecule has 21 heavy (non-hydrogen) atoms. The Kier molecular flexibility index (Phi) is 6.68. The molecule has 118 valence electrons. The van der Waals surface area contributed by atoms with E-state index in [0.29, 0.717) is 12.0 Å². The average Bonchev–Trinajstić information content (AvgIpc) is 2.52. The Morgan fingerprint density at radius 3 is 2.38 bits per heavy atom. The van der Waals surface area contributed by atoms with Crippen molar-refractivity contribution in [1.29, 1.82) is 0 Å². The minimum Gasteiger partial charge on any atom is -0.396 e. The first-order valence-electron chi connectivity index (χ1n) is 8.26. The molecule has 0 radical (unpaired) electrons. The lowest BCUT2D eigenvalue weighted by Crippen LogP contribution is -2.40. The molecule has 0 aliphatic heterocycles. The van der Waals surface area contributed by atoms with Crippen LogP contribution in [-0.2, 0) is 0 Å². The molecule has 0 aromatic heterocycles. The molecule has 1 aromatic rings. The quantitative estimate of drug-likeness (QED) is 0.810. The summed E-state index contributed by atoms with van der Waals surface area (Å²) in [5, 5.41) is 13.0. The predicted molar refractivity (Wildman–Crippen MR) is 88.6 cm³/mol. The van der Waals surface area contributed by atoms with Gasteiger partial charge in [0.15, 0.2) is 0 Å². The maximum Gasteiger partial charge on any atom is 0.0437 e. The monoisotopic (exact) mass is 290 g/mol. The smallest absolute Gasteiger partial charge is 0.0437 e. The summed E-state index contributed by atoms with van der Waals surface area (Å²) in [6.07, 6.45) is 5.96. The Bertz CT molecular complexity index is 385. The first-order chi connectivity index (χ1) is 10.2.